The Morgan fingerprint density at radius 3 is 2.17 bits per heavy atom. The second-order valence-electron chi connectivity index (χ2n) is 8.46. The minimum absolute atomic E-state index is 0.0530. The highest BCUT2D eigenvalue weighted by Gasteiger charge is 2.19. The lowest BCUT2D eigenvalue weighted by Crippen LogP contribution is -2.26. The lowest BCUT2D eigenvalue weighted by Gasteiger charge is -2.12. The van der Waals surface area contributed by atoms with Crippen molar-refractivity contribution in [3.8, 4) is 12.1 Å². The van der Waals surface area contributed by atoms with Gasteiger partial charge in [0.25, 0.3) is 15.6 Å². The highest BCUT2D eigenvalue weighted by molar-refractivity contribution is 7.92. The van der Waals surface area contributed by atoms with Gasteiger partial charge >= 0.3 is 0 Å². The normalized spacial score (nSPS) is 11.7. The molecular formula is C29H21ClN6O3S. The number of hydrogen-bond donors (Lipinski definition) is 2. The van der Waals surface area contributed by atoms with Crippen LogP contribution in [0.2, 0.25) is 5.02 Å². The van der Waals surface area contributed by atoms with Crippen LogP contribution < -0.4 is 16.0 Å². The first-order valence-electron chi connectivity index (χ1n) is 11.7. The summed E-state index contributed by atoms with van der Waals surface area (Å²) >= 11 is 5.83. The van der Waals surface area contributed by atoms with Gasteiger partial charge in [0.1, 0.15) is 29.1 Å². The summed E-state index contributed by atoms with van der Waals surface area (Å²) in [7, 11) is -3.83. The fraction of sp³-hybridized carbons (Fsp3) is 0.0345. The van der Waals surface area contributed by atoms with Gasteiger partial charge in [-0.15, -0.1) is 0 Å². The van der Waals surface area contributed by atoms with Gasteiger partial charge in [-0.2, -0.15) is 20.3 Å². The third kappa shape index (κ3) is 5.94. The number of nitrogens with two attached hydrogens (primary N) is 1. The SMILES string of the molecule is C/C(=N\n1c(N)c(C#N)c(/C=C/c2ccccc2)c(C#N)c1=O)c1ccc(NS(=O)(=O)c2ccc(Cl)cc2)cc1. The van der Waals surface area contributed by atoms with Gasteiger partial charge in [0.05, 0.1) is 10.6 Å². The van der Waals surface area contributed by atoms with Crippen molar-refractivity contribution in [1.82, 2.24) is 4.68 Å². The Kier molecular flexibility index (Phi) is 8.15. The molecule has 0 bridgehead atoms. The Balaban J connectivity index is 1.67. The van der Waals surface area contributed by atoms with Crippen molar-refractivity contribution in [2.45, 2.75) is 11.8 Å². The number of nitrogens with one attached hydrogen (secondary N) is 1. The van der Waals surface area contributed by atoms with E-state index in [0.717, 1.165) is 10.2 Å². The number of halogens is 1. The Labute approximate surface area is 235 Å². The number of rotatable bonds is 7. The molecule has 9 nitrogen and oxygen atoms in total. The molecule has 0 fully saturated rings. The van der Waals surface area contributed by atoms with Gasteiger partial charge in [0, 0.05) is 16.3 Å². The molecule has 0 aliphatic heterocycles. The summed E-state index contributed by atoms with van der Waals surface area (Å²) in [5, 5.41) is 24.2. The summed E-state index contributed by atoms with van der Waals surface area (Å²) in [5.41, 5.74) is 7.16. The molecule has 1 heterocycles. The number of nitriles is 2. The Morgan fingerprint density at radius 1 is 0.950 bits per heavy atom. The lowest BCUT2D eigenvalue weighted by atomic mass is 10.0. The zero-order chi connectivity index (χ0) is 28.9. The Morgan fingerprint density at radius 2 is 1.57 bits per heavy atom. The molecule has 0 amide bonds. The topological polar surface area (TPSA) is 154 Å². The summed E-state index contributed by atoms with van der Waals surface area (Å²) in [4.78, 5) is 13.2. The van der Waals surface area contributed by atoms with Crippen LogP contribution in [0.15, 0.2) is 93.7 Å². The van der Waals surface area contributed by atoms with Gasteiger partial charge in [-0.05, 0) is 54.4 Å². The molecule has 11 heteroatoms. The van der Waals surface area contributed by atoms with E-state index in [1.54, 1.807) is 25.1 Å². The molecule has 0 saturated carbocycles. The first-order chi connectivity index (χ1) is 19.1. The van der Waals surface area contributed by atoms with Crippen LogP contribution in [0.25, 0.3) is 12.2 Å². The summed E-state index contributed by atoms with van der Waals surface area (Å²) in [6.07, 6.45) is 3.19. The van der Waals surface area contributed by atoms with Gasteiger partial charge in [0.15, 0.2) is 0 Å². The number of anilines is 2. The van der Waals surface area contributed by atoms with Crippen molar-refractivity contribution in [3.05, 3.63) is 122 Å². The predicted molar refractivity (Wildman–Crippen MR) is 156 cm³/mol. The number of aromatic nitrogens is 1. The second-order valence-corrected chi connectivity index (χ2v) is 10.6. The average molecular weight is 569 g/mol. The molecule has 4 aromatic rings. The first kappa shape index (κ1) is 27.9. The average Bonchev–Trinajstić information content (AvgIpc) is 2.95. The smallest absolute Gasteiger partial charge is 0.291 e. The van der Waals surface area contributed by atoms with Gasteiger partial charge in [0.2, 0.25) is 0 Å². The molecule has 3 aromatic carbocycles. The molecule has 0 aliphatic carbocycles. The predicted octanol–water partition coefficient (Wildman–Crippen LogP) is 5.07. The zero-order valence-corrected chi connectivity index (χ0v) is 22.6. The Bertz CT molecular complexity index is 1880. The summed E-state index contributed by atoms with van der Waals surface area (Å²) in [5.74, 6) is -0.217. The number of nitrogen functional groups attached to an aromatic ring is 1. The van der Waals surface area contributed by atoms with Crippen LogP contribution in [-0.4, -0.2) is 18.8 Å². The summed E-state index contributed by atoms with van der Waals surface area (Å²) in [6, 6.07) is 25.1. The number of hydrogen-bond acceptors (Lipinski definition) is 7. The second kappa shape index (κ2) is 11.7. The van der Waals surface area contributed by atoms with Crippen molar-refractivity contribution < 1.29 is 8.42 Å². The number of nitrogens with zero attached hydrogens (tertiary/aromatic N) is 4. The van der Waals surface area contributed by atoms with Crippen LogP contribution >= 0.6 is 11.6 Å². The molecule has 0 radical (unpaired) electrons. The lowest BCUT2D eigenvalue weighted by molar-refractivity contribution is 0.601. The van der Waals surface area contributed by atoms with Crippen molar-refractivity contribution in [1.29, 1.82) is 10.5 Å². The van der Waals surface area contributed by atoms with E-state index >= 15 is 0 Å². The van der Waals surface area contributed by atoms with E-state index in [1.165, 1.54) is 42.5 Å². The van der Waals surface area contributed by atoms with Crippen LogP contribution in [0.4, 0.5) is 11.5 Å². The van der Waals surface area contributed by atoms with Crippen molar-refractivity contribution in [2.24, 2.45) is 5.10 Å². The molecular weight excluding hydrogens is 548 g/mol. The van der Waals surface area contributed by atoms with Crippen molar-refractivity contribution in [3.63, 3.8) is 0 Å². The van der Waals surface area contributed by atoms with E-state index in [9.17, 15) is 23.7 Å². The fourth-order valence-corrected chi connectivity index (χ4v) is 4.93. The third-order valence-corrected chi connectivity index (χ3v) is 7.47. The van der Waals surface area contributed by atoms with E-state index in [4.69, 9.17) is 17.3 Å². The third-order valence-electron chi connectivity index (χ3n) is 5.82. The van der Waals surface area contributed by atoms with Crippen LogP contribution in [0.5, 0.6) is 0 Å². The maximum absolute atomic E-state index is 13.2. The van der Waals surface area contributed by atoms with Gasteiger partial charge in [-0.1, -0.05) is 66.2 Å². The standard InChI is InChI=1S/C29H21ClN6O3S/c1-19(21-8-12-23(13-9-21)35-40(38,39)24-14-10-22(30)11-15-24)34-36-28(33)26(17-31)25(27(18-32)29(36)37)16-7-20-5-3-2-4-6-20/h2-16,35H,33H2,1H3/b16-7+,34-19+. The van der Waals surface area contributed by atoms with Gasteiger partial charge in [-0.25, -0.2) is 8.42 Å². The van der Waals surface area contributed by atoms with Crippen molar-refractivity contribution in [2.75, 3.05) is 10.5 Å². The fourth-order valence-electron chi connectivity index (χ4n) is 3.75. The van der Waals surface area contributed by atoms with E-state index in [-0.39, 0.29) is 27.4 Å². The van der Waals surface area contributed by atoms with Crippen LogP contribution in [0.1, 0.15) is 34.7 Å². The van der Waals surface area contributed by atoms with Gasteiger partial charge < -0.3 is 5.73 Å². The molecule has 4 rings (SSSR count). The molecule has 0 saturated heterocycles. The zero-order valence-electron chi connectivity index (χ0n) is 21.0. The molecule has 198 valence electrons. The number of pyridine rings is 1. The minimum atomic E-state index is -3.83. The molecule has 3 N–H and O–H groups in total. The number of benzene rings is 3. The molecule has 0 unspecified atom stereocenters. The molecule has 0 aliphatic rings. The maximum atomic E-state index is 13.2. The van der Waals surface area contributed by atoms with Crippen LogP contribution in [0, 0.1) is 22.7 Å². The highest BCUT2D eigenvalue weighted by Crippen LogP contribution is 2.22. The van der Waals surface area contributed by atoms with Crippen molar-refractivity contribution >= 4 is 51.0 Å². The van der Waals surface area contributed by atoms with Crippen LogP contribution in [0.3, 0.4) is 0 Å². The van der Waals surface area contributed by atoms with Gasteiger partial charge in [-0.3, -0.25) is 9.52 Å². The van der Waals surface area contributed by atoms with Crippen LogP contribution in [-0.2, 0) is 10.0 Å². The van der Waals surface area contributed by atoms with E-state index in [0.29, 0.717) is 22.0 Å². The first-order valence-corrected chi connectivity index (χ1v) is 13.6. The molecule has 1 aromatic heterocycles. The molecule has 0 spiro atoms. The quantitative estimate of drug-likeness (QED) is 0.297. The highest BCUT2D eigenvalue weighted by atomic mass is 35.5. The van der Waals surface area contributed by atoms with E-state index in [1.807, 2.05) is 42.5 Å². The maximum Gasteiger partial charge on any atom is 0.291 e. The molecule has 40 heavy (non-hydrogen) atoms. The van der Waals surface area contributed by atoms with E-state index < -0.39 is 15.6 Å². The summed E-state index contributed by atoms with van der Waals surface area (Å²) in [6.45, 7) is 1.61. The number of sulfonamides is 1. The largest absolute Gasteiger partial charge is 0.382 e. The minimum Gasteiger partial charge on any atom is -0.382 e. The summed E-state index contributed by atoms with van der Waals surface area (Å²) < 4.78 is 28.6. The Hall–Kier alpha value is -5.16. The monoisotopic (exact) mass is 568 g/mol. The molecule has 0 atom stereocenters. The van der Waals surface area contributed by atoms with E-state index in [2.05, 4.69) is 9.82 Å².